The summed E-state index contributed by atoms with van der Waals surface area (Å²) in [5.41, 5.74) is -0.966. The predicted molar refractivity (Wildman–Crippen MR) is 109 cm³/mol. The predicted octanol–water partition coefficient (Wildman–Crippen LogP) is 5.44. The zero-order chi connectivity index (χ0) is 22.3. The van der Waals surface area contributed by atoms with Gasteiger partial charge in [-0.05, 0) is 56.1 Å². The molecule has 2 unspecified atom stereocenters. The molecule has 0 bridgehead atoms. The smallest absolute Gasteiger partial charge is 0.414 e. The first-order valence-electron chi connectivity index (χ1n) is 9.67. The lowest BCUT2D eigenvalue weighted by molar-refractivity contribution is -0.137. The van der Waals surface area contributed by atoms with Gasteiger partial charge in [-0.15, -0.1) is 0 Å². The van der Waals surface area contributed by atoms with E-state index in [1.165, 1.54) is 6.07 Å². The number of hydrogen-bond acceptors (Lipinski definition) is 4. The Labute approximate surface area is 172 Å². The van der Waals surface area contributed by atoms with Gasteiger partial charge in [0.25, 0.3) is 0 Å². The minimum Gasteiger partial charge on any atom is -0.414 e. The molecule has 0 radical (unpaired) electrons. The highest BCUT2D eigenvalue weighted by Gasteiger charge is 2.46. The maximum Gasteiger partial charge on any atom is 0.416 e. The van der Waals surface area contributed by atoms with Crippen molar-refractivity contribution >= 4 is 18.2 Å². The van der Waals surface area contributed by atoms with Crippen LogP contribution in [-0.4, -0.2) is 40.8 Å². The van der Waals surface area contributed by atoms with Gasteiger partial charge in [0.05, 0.1) is 27.9 Å². The fourth-order valence-corrected chi connectivity index (χ4v) is 5.98. The Morgan fingerprint density at radius 2 is 1.86 bits per heavy atom. The Morgan fingerprint density at radius 3 is 2.41 bits per heavy atom. The SMILES string of the molecule is CC(C)(C)[Si](C)(C)OCC1CC(C)(S(=O)(=O)c2cccc(C(F)(F)F)c2)CCO1. The van der Waals surface area contributed by atoms with Gasteiger partial charge in [-0.1, -0.05) is 26.8 Å². The Kier molecular flexibility index (Phi) is 6.70. The van der Waals surface area contributed by atoms with Crippen LogP contribution in [-0.2, 0) is 25.2 Å². The summed E-state index contributed by atoms with van der Waals surface area (Å²) >= 11 is 0. The van der Waals surface area contributed by atoms with Crippen LogP contribution < -0.4 is 0 Å². The third-order valence-corrected chi connectivity index (χ3v) is 13.2. The first kappa shape index (κ1) is 24.4. The van der Waals surface area contributed by atoms with Crippen molar-refractivity contribution in [3.05, 3.63) is 29.8 Å². The summed E-state index contributed by atoms with van der Waals surface area (Å²) < 4.78 is 76.3. The normalized spacial score (nSPS) is 24.5. The van der Waals surface area contributed by atoms with E-state index < -0.39 is 40.7 Å². The zero-order valence-electron chi connectivity index (χ0n) is 17.9. The summed E-state index contributed by atoms with van der Waals surface area (Å²) in [7, 11) is -6.01. The van der Waals surface area contributed by atoms with E-state index in [4.69, 9.17) is 9.16 Å². The standard InChI is InChI=1S/C20H31F3O4SSi/c1-18(2,3)29(5,6)27-14-16-13-19(4,10-11-26-16)28(24,25)17-9-7-8-15(12-17)20(21,22)23/h7-9,12,16H,10-11,13-14H2,1-6H3. The molecule has 29 heavy (non-hydrogen) atoms. The zero-order valence-corrected chi connectivity index (χ0v) is 19.7. The average molecular weight is 453 g/mol. The average Bonchev–Trinajstić information content (AvgIpc) is 2.58. The molecule has 2 rings (SSSR count). The monoisotopic (exact) mass is 452 g/mol. The molecule has 1 aromatic carbocycles. The highest BCUT2D eigenvalue weighted by molar-refractivity contribution is 7.92. The van der Waals surface area contributed by atoms with E-state index in [2.05, 4.69) is 33.9 Å². The Bertz CT molecular complexity index is 831. The number of alkyl halides is 3. The van der Waals surface area contributed by atoms with E-state index in [1.54, 1.807) is 6.92 Å². The molecule has 2 atom stereocenters. The summed E-state index contributed by atoms with van der Waals surface area (Å²) in [5, 5.41) is 0.00901. The summed E-state index contributed by atoms with van der Waals surface area (Å²) in [4.78, 5) is -0.305. The van der Waals surface area contributed by atoms with Crippen molar-refractivity contribution in [2.24, 2.45) is 0 Å². The van der Waals surface area contributed by atoms with Gasteiger partial charge in [0.2, 0.25) is 0 Å². The van der Waals surface area contributed by atoms with Gasteiger partial charge in [0.15, 0.2) is 18.2 Å². The van der Waals surface area contributed by atoms with Crippen LogP contribution in [0.1, 0.15) is 46.1 Å². The van der Waals surface area contributed by atoms with Crippen LogP contribution in [0.5, 0.6) is 0 Å². The van der Waals surface area contributed by atoms with Crippen molar-refractivity contribution in [3.8, 4) is 0 Å². The van der Waals surface area contributed by atoms with Gasteiger partial charge in [0, 0.05) is 6.61 Å². The first-order chi connectivity index (χ1) is 13.0. The molecule has 9 heteroatoms. The summed E-state index contributed by atoms with van der Waals surface area (Å²) in [6, 6.07) is 3.96. The largest absolute Gasteiger partial charge is 0.416 e. The molecule has 0 aromatic heterocycles. The van der Waals surface area contributed by atoms with Crippen molar-refractivity contribution in [2.45, 2.75) is 80.6 Å². The molecular weight excluding hydrogens is 421 g/mol. The van der Waals surface area contributed by atoms with Crippen LogP contribution in [0.3, 0.4) is 0 Å². The van der Waals surface area contributed by atoms with Crippen molar-refractivity contribution in [3.63, 3.8) is 0 Å². The van der Waals surface area contributed by atoms with Gasteiger partial charge in [-0.3, -0.25) is 0 Å². The molecule has 1 aromatic rings. The van der Waals surface area contributed by atoms with Crippen LogP contribution in [0, 0.1) is 0 Å². The molecule has 4 nitrogen and oxygen atoms in total. The molecular formula is C20H31F3O4SSi. The van der Waals surface area contributed by atoms with Gasteiger partial charge in [-0.2, -0.15) is 13.2 Å². The lowest BCUT2D eigenvalue weighted by Crippen LogP contribution is -2.48. The number of sulfone groups is 1. The van der Waals surface area contributed by atoms with Crippen molar-refractivity contribution in [2.75, 3.05) is 13.2 Å². The fourth-order valence-electron chi connectivity index (χ4n) is 3.08. The Hall–Kier alpha value is -0.903. The van der Waals surface area contributed by atoms with Gasteiger partial charge < -0.3 is 9.16 Å². The number of rotatable bonds is 5. The van der Waals surface area contributed by atoms with Crippen LogP contribution in [0.4, 0.5) is 13.2 Å². The molecule has 1 fully saturated rings. The van der Waals surface area contributed by atoms with Crippen LogP contribution in [0.15, 0.2) is 29.2 Å². The second-order valence-electron chi connectivity index (χ2n) is 9.50. The number of halogens is 3. The van der Waals surface area contributed by atoms with Crippen molar-refractivity contribution in [1.29, 1.82) is 0 Å². The second kappa shape index (κ2) is 7.98. The van der Waals surface area contributed by atoms with Gasteiger partial charge >= 0.3 is 6.18 Å². The van der Waals surface area contributed by atoms with E-state index in [0.29, 0.717) is 0 Å². The number of hydrogen-bond donors (Lipinski definition) is 0. The van der Waals surface area contributed by atoms with Crippen LogP contribution in [0.25, 0.3) is 0 Å². The minimum absolute atomic E-state index is 0.00901. The molecule has 1 heterocycles. The van der Waals surface area contributed by atoms with E-state index in [1.807, 2.05) is 0 Å². The summed E-state index contributed by atoms with van der Waals surface area (Å²) in [6.07, 6.45) is -4.60. The summed E-state index contributed by atoms with van der Waals surface area (Å²) in [6.45, 7) is 12.6. The van der Waals surface area contributed by atoms with Crippen LogP contribution >= 0.6 is 0 Å². The number of benzene rings is 1. The van der Waals surface area contributed by atoms with Crippen LogP contribution in [0.2, 0.25) is 18.1 Å². The maximum absolute atomic E-state index is 13.2. The highest BCUT2D eigenvalue weighted by Crippen LogP contribution is 2.40. The first-order valence-corrected chi connectivity index (χ1v) is 14.1. The highest BCUT2D eigenvalue weighted by atomic mass is 32.2. The van der Waals surface area contributed by atoms with E-state index in [-0.39, 0.29) is 36.0 Å². The Balaban J connectivity index is 2.23. The topological polar surface area (TPSA) is 52.6 Å². The lowest BCUT2D eigenvalue weighted by Gasteiger charge is -2.41. The molecule has 0 aliphatic carbocycles. The maximum atomic E-state index is 13.2. The fraction of sp³-hybridized carbons (Fsp3) is 0.700. The van der Waals surface area contributed by atoms with E-state index in [9.17, 15) is 21.6 Å². The number of ether oxygens (including phenoxy) is 1. The molecule has 1 aliphatic heterocycles. The second-order valence-corrected chi connectivity index (χ2v) is 16.8. The molecule has 0 N–H and O–H groups in total. The molecule has 0 amide bonds. The molecule has 0 spiro atoms. The molecule has 0 saturated carbocycles. The summed E-state index contributed by atoms with van der Waals surface area (Å²) in [5.74, 6) is 0. The van der Waals surface area contributed by atoms with Crippen molar-refractivity contribution in [1.82, 2.24) is 0 Å². The van der Waals surface area contributed by atoms with E-state index >= 15 is 0 Å². The van der Waals surface area contributed by atoms with Gasteiger partial charge in [-0.25, -0.2) is 8.42 Å². The quantitative estimate of drug-likeness (QED) is 0.559. The van der Waals surface area contributed by atoms with Gasteiger partial charge in [0.1, 0.15) is 0 Å². The molecule has 166 valence electrons. The van der Waals surface area contributed by atoms with E-state index in [0.717, 1.165) is 18.2 Å². The lowest BCUT2D eigenvalue weighted by atomic mass is 9.97. The third kappa shape index (κ3) is 5.24. The minimum atomic E-state index is -4.60. The molecule has 1 saturated heterocycles. The third-order valence-electron chi connectivity index (χ3n) is 6.20. The van der Waals surface area contributed by atoms with Crippen molar-refractivity contribution < 1.29 is 30.8 Å². The molecule has 1 aliphatic rings. The Morgan fingerprint density at radius 1 is 1.24 bits per heavy atom.